The number of hydrazone groups is 1. The van der Waals surface area contributed by atoms with Gasteiger partial charge in [0.15, 0.2) is 6.61 Å². The first-order valence-corrected chi connectivity index (χ1v) is 11.0. The Kier molecular flexibility index (Phi) is 8.61. The number of hydrogen-bond donors (Lipinski definition) is 1. The maximum Gasteiger partial charge on any atom is 0.345 e. The van der Waals surface area contributed by atoms with Crippen LogP contribution in [-0.4, -0.2) is 24.7 Å². The van der Waals surface area contributed by atoms with Crippen LogP contribution in [-0.2, 0) is 4.79 Å². The van der Waals surface area contributed by atoms with Crippen molar-refractivity contribution in [1.29, 1.82) is 0 Å². The van der Waals surface area contributed by atoms with Crippen LogP contribution >= 0.6 is 11.6 Å². The number of hydrogen-bond acceptors (Lipinski definition) is 5. The zero-order valence-electron chi connectivity index (χ0n) is 18.5. The molecule has 33 heavy (non-hydrogen) atoms. The summed E-state index contributed by atoms with van der Waals surface area (Å²) in [6, 6.07) is 21.1. The van der Waals surface area contributed by atoms with Gasteiger partial charge in [0.25, 0.3) is 5.91 Å². The minimum Gasteiger partial charge on any atom is -0.484 e. The van der Waals surface area contributed by atoms with Crippen LogP contribution in [0.5, 0.6) is 11.5 Å². The molecule has 170 valence electrons. The molecule has 0 aliphatic heterocycles. The number of halogens is 1. The molecule has 0 heterocycles. The van der Waals surface area contributed by atoms with E-state index in [1.807, 2.05) is 24.3 Å². The predicted molar refractivity (Wildman–Crippen MR) is 129 cm³/mol. The van der Waals surface area contributed by atoms with Crippen molar-refractivity contribution in [2.24, 2.45) is 5.10 Å². The third kappa shape index (κ3) is 7.19. The van der Waals surface area contributed by atoms with Gasteiger partial charge >= 0.3 is 5.97 Å². The van der Waals surface area contributed by atoms with Crippen LogP contribution < -0.4 is 14.9 Å². The lowest BCUT2D eigenvalue weighted by Gasteiger charge is -2.10. The van der Waals surface area contributed by atoms with Crippen LogP contribution in [0.2, 0.25) is 5.02 Å². The highest BCUT2D eigenvalue weighted by molar-refractivity contribution is 6.33. The second-order valence-electron chi connectivity index (χ2n) is 7.40. The molecule has 0 aromatic heterocycles. The molecule has 0 spiro atoms. The fraction of sp³-hybridized carbons (Fsp3) is 0.192. The van der Waals surface area contributed by atoms with Crippen LogP contribution in [0.3, 0.4) is 0 Å². The van der Waals surface area contributed by atoms with Gasteiger partial charge in [-0.1, -0.05) is 49.7 Å². The SMILES string of the molecule is CCC(C)c1ccc(OCC(=O)N/N=C\c2ccc(OC(=O)c3ccccc3Cl)cc2)cc1. The van der Waals surface area contributed by atoms with E-state index < -0.39 is 5.97 Å². The molecule has 3 aromatic carbocycles. The maximum atomic E-state index is 12.2. The fourth-order valence-corrected chi connectivity index (χ4v) is 3.11. The number of rotatable bonds is 9. The molecular formula is C26H25ClN2O4. The molecule has 0 saturated carbocycles. The Morgan fingerprint density at radius 1 is 1.00 bits per heavy atom. The summed E-state index contributed by atoms with van der Waals surface area (Å²) in [5.41, 5.74) is 4.67. The summed E-state index contributed by atoms with van der Waals surface area (Å²) < 4.78 is 10.8. The number of nitrogens with zero attached hydrogens (tertiary/aromatic N) is 1. The molecule has 0 aliphatic rings. The van der Waals surface area contributed by atoms with E-state index in [1.54, 1.807) is 48.5 Å². The first-order chi connectivity index (χ1) is 16.0. The Hall–Kier alpha value is -3.64. The molecule has 0 fully saturated rings. The van der Waals surface area contributed by atoms with E-state index in [2.05, 4.69) is 24.4 Å². The minimum atomic E-state index is -0.538. The molecule has 1 atom stereocenters. The fourth-order valence-electron chi connectivity index (χ4n) is 2.90. The van der Waals surface area contributed by atoms with Crippen molar-refractivity contribution >= 4 is 29.7 Å². The summed E-state index contributed by atoms with van der Waals surface area (Å²) in [6.45, 7) is 4.17. The minimum absolute atomic E-state index is 0.142. The van der Waals surface area contributed by atoms with Gasteiger partial charge in [0.05, 0.1) is 16.8 Å². The quantitative estimate of drug-likeness (QED) is 0.193. The molecule has 1 N–H and O–H groups in total. The highest BCUT2D eigenvalue weighted by Gasteiger charge is 2.12. The number of esters is 1. The van der Waals surface area contributed by atoms with Gasteiger partial charge in [-0.3, -0.25) is 4.79 Å². The number of carbonyl (C=O) groups excluding carboxylic acids is 2. The van der Waals surface area contributed by atoms with Gasteiger partial charge in [0, 0.05) is 0 Å². The lowest BCUT2D eigenvalue weighted by molar-refractivity contribution is -0.123. The number of carbonyl (C=O) groups is 2. The van der Waals surface area contributed by atoms with E-state index >= 15 is 0 Å². The van der Waals surface area contributed by atoms with Crippen LogP contribution in [0.1, 0.15) is 47.7 Å². The Balaban J connectivity index is 1.44. The lowest BCUT2D eigenvalue weighted by atomic mass is 9.99. The normalized spacial score (nSPS) is 11.7. The van der Waals surface area contributed by atoms with Gasteiger partial charge in [-0.2, -0.15) is 5.10 Å². The van der Waals surface area contributed by atoms with Gasteiger partial charge in [0.1, 0.15) is 11.5 Å². The molecule has 0 bridgehead atoms. The zero-order chi connectivity index (χ0) is 23.6. The van der Waals surface area contributed by atoms with E-state index in [0.29, 0.717) is 28.0 Å². The van der Waals surface area contributed by atoms with Gasteiger partial charge in [0.2, 0.25) is 0 Å². The molecular weight excluding hydrogens is 440 g/mol. The third-order valence-corrected chi connectivity index (χ3v) is 5.35. The first-order valence-electron chi connectivity index (χ1n) is 10.6. The average Bonchev–Trinajstić information content (AvgIpc) is 2.84. The van der Waals surface area contributed by atoms with E-state index in [9.17, 15) is 9.59 Å². The van der Waals surface area contributed by atoms with E-state index in [-0.39, 0.29) is 12.5 Å². The smallest absolute Gasteiger partial charge is 0.345 e. The van der Waals surface area contributed by atoms with Crippen molar-refractivity contribution < 1.29 is 19.1 Å². The summed E-state index contributed by atoms with van der Waals surface area (Å²) >= 11 is 6.01. The molecule has 3 rings (SSSR count). The number of ether oxygens (including phenoxy) is 2. The summed E-state index contributed by atoms with van der Waals surface area (Å²) in [6.07, 6.45) is 2.55. The number of amides is 1. The molecule has 1 amide bonds. The molecule has 0 radical (unpaired) electrons. The van der Waals surface area contributed by atoms with Crippen molar-refractivity contribution in [1.82, 2.24) is 5.43 Å². The van der Waals surface area contributed by atoms with Crippen molar-refractivity contribution in [2.45, 2.75) is 26.2 Å². The van der Waals surface area contributed by atoms with Gasteiger partial charge in [-0.05, 0) is 72.0 Å². The molecule has 0 saturated heterocycles. The number of nitrogens with one attached hydrogen (secondary N) is 1. The monoisotopic (exact) mass is 464 g/mol. The first kappa shape index (κ1) is 24.0. The second kappa shape index (κ2) is 11.8. The van der Waals surface area contributed by atoms with Crippen LogP contribution in [0.25, 0.3) is 0 Å². The molecule has 7 heteroatoms. The Labute approximate surface area is 198 Å². The highest BCUT2D eigenvalue weighted by atomic mass is 35.5. The van der Waals surface area contributed by atoms with Crippen LogP contribution in [0, 0.1) is 0 Å². The molecule has 1 unspecified atom stereocenters. The van der Waals surface area contributed by atoms with Crippen molar-refractivity contribution in [3.05, 3.63) is 94.5 Å². The predicted octanol–water partition coefficient (Wildman–Crippen LogP) is 5.60. The molecule has 6 nitrogen and oxygen atoms in total. The summed E-state index contributed by atoms with van der Waals surface area (Å²) in [5, 5.41) is 4.25. The Bertz CT molecular complexity index is 1110. The van der Waals surface area contributed by atoms with Crippen molar-refractivity contribution in [3.8, 4) is 11.5 Å². The zero-order valence-corrected chi connectivity index (χ0v) is 19.2. The van der Waals surface area contributed by atoms with Crippen molar-refractivity contribution in [2.75, 3.05) is 6.61 Å². The maximum absolute atomic E-state index is 12.2. The topological polar surface area (TPSA) is 77.0 Å². The molecule has 3 aromatic rings. The van der Waals surface area contributed by atoms with E-state index in [4.69, 9.17) is 21.1 Å². The van der Waals surface area contributed by atoms with Gasteiger partial charge in [-0.15, -0.1) is 0 Å². The summed E-state index contributed by atoms with van der Waals surface area (Å²) in [5.74, 6) is 0.573. The Morgan fingerprint density at radius 3 is 2.33 bits per heavy atom. The van der Waals surface area contributed by atoms with Gasteiger partial charge in [-0.25, -0.2) is 10.2 Å². The van der Waals surface area contributed by atoms with E-state index in [0.717, 1.165) is 12.0 Å². The van der Waals surface area contributed by atoms with E-state index in [1.165, 1.54) is 11.8 Å². The largest absolute Gasteiger partial charge is 0.484 e. The lowest BCUT2D eigenvalue weighted by Crippen LogP contribution is -2.24. The van der Waals surface area contributed by atoms with Gasteiger partial charge < -0.3 is 9.47 Å². The van der Waals surface area contributed by atoms with Crippen molar-refractivity contribution in [3.63, 3.8) is 0 Å². The number of benzene rings is 3. The molecule has 0 aliphatic carbocycles. The Morgan fingerprint density at radius 2 is 1.67 bits per heavy atom. The third-order valence-electron chi connectivity index (χ3n) is 5.02. The summed E-state index contributed by atoms with van der Waals surface area (Å²) in [4.78, 5) is 24.1. The van der Waals surface area contributed by atoms with Crippen LogP contribution in [0.15, 0.2) is 77.9 Å². The average molecular weight is 465 g/mol. The highest BCUT2D eigenvalue weighted by Crippen LogP contribution is 2.21. The summed E-state index contributed by atoms with van der Waals surface area (Å²) in [7, 11) is 0. The van der Waals surface area contributed by atoms with Crippen LogP contribution in [0.4, 0.5) is 0 Å². The standard InChI is InChI=1S/C26H25ClN2O4/c1-3-18(2)20-10-14-21(15-11-20)32-17-25(30)29-28-16-19-8-12-22(13-9-19)33-26(31)23-6-4-5-7-24(23)27/h4-16,18H,3,17H2,1-2H3,(H,29,30)/b28-16-. The second-order valence-corrected chi connectivity index (χ2v) is 7.81.